The average molecular weight is 309 g/mol. The fourth-order valence-electron chi connectivity index (χ4n) is 2.49. The van der Waals surface area contributed by atoms with Gasteiger partial charge in [-0.05, 0) is 39.0 Å². The zero-order valence-electron chi connectivity index (χ0n) is 13.0. The molecule has 0 fully saturated rings. The van der Waals surface area contributed by atoms with Gasteiger partial charge < -0.3 is 9.84 Å². The van der Waals surface area contributed by atoms with Crippen molar-refractivity contribution in [2.24, 2.45) is 0 Å². The van der Waals surface area contributed by atoms with E-state index in [1.165, 1.54) is 6.92 Å². The highest BCUT2D eigenvalue weighted by Gasteiger charge is 2.19. The van der Waals surface area contributed by atoms with E-state index in [9.17, 15) is 9.59 Å². The molecular weight excluding hydrogens is 294 g/mol. The second-order valence-electron chi connectivity index (χ2n) is 5.32. The molecule has 2 heterocycles. The number of hydrogen-bond acceptors (Lipinski definition) is 5. The van der Waals surface area contributed by atoms with E-state index in [1.807, 2.05) is 0 Å². The smallest absolute Gasteiger partial charge is 0.258 e. The molecule has 0 atom stereocenters. The maximum Gasteiger partial charge on any atom is 0.258 e. The van der Waals surface area contributed by atoms with Crippen molar-refractivity contribution in [1.82, 2.24) is 10.1 Å². The van der Waals surface area contributed by atoms with Gasteiger partial charge in [0, 0.05) is 11.3 Å². The van der Waals surface area contributed by atoms with Gasteiger partial charge in [-0.1, -0.05) is 17.3 Å². The van der Waals surface area contributed by atoms with Gasteiger partial charge >= 0.3 is 0 Å². The predicted molar refractivity (Wildman–Crippen MR) is 85.7 cm³/mol. The maximum absolute atomic E-state index is 12.7. The molecule has 0 bridgehead atoms. The van der Waals surface area contributed by atoms with Crippen LogP contribution in [0.2, 0.25) is 0 Å². The van der Waals surface area contributed by atoms with Crippen LogP contribution in [0, 0.1) is 13.8 Å². The van der Waals surface area contributed by atoms with Gasteiger partial charge in [0.05, 0.1) is 22.3 Å². The summed E-state index contributed by atoms with van der Waals surface area (Å²) in [5, 5.41) is 7.23. The molecule has 0 unspecified atom stereocenters. The largest absolute Gasteiger partial charge is 0.336 e. The number of para-hydroxylation sites is 1. The van der Waals surface area contributed by atoms with Crippen LogP contribution in [-0.2, 0) is 0 Å². The van der Waals surface area contributed by atoms with Crippen molar-refractivity contribution in [3.05, 3.63) is 52.8 Å². The molecule has 0 aliphatic heterocycles. The summed E-state index contributed by atoms with van der Waals surface area (Å²) in [5.74, 6) is -0.446. The lowest BCUT2D eigenvalue weighted by atomic mass is 10.1. The van der Waals surface area contributed by atoms with Crippen LogP contribution >= 0.6 is 0 Å². The first-order valence-corrected chi connectivity index (χ1v) is 7.12. The summed E-state index contributed by atoms with van der Waals surface area (Å²) in [7, 11) is 0. The highest BCUT2D eigenvalue weighted by atomic mass is 16.5. The molecule has 0 saturated heterocycles. The molecule has 1 N–H and O–H groups in total. The number of hydrogen-bond donors (Lipinski definition) is 1. The van der Waals surface area contributed by atoms with Gasteiger partial charge in [0.2, 0.25) is 0 Å². The Labute approximate surface area is 132 Å². The number of nitrogens with one attached hydrogen (secondary N) is 1. The molecule has 0 aliphatic rings. The van der Waals surface area contributed by atoms with Gasteiger partial charge in [-0.3, -0.25) is 9.59 Å². The van der Waals surface area contributed by atoms with Crippen molar-refractivity contribution < 1.29 is 14.1 Å². The predicted octanol–water partition coefficient (Wildman–Crippen LogP) is 3.29. The summed E-state index contributed by atoms with van der Waals surface area (Å²) in [6.45, 7) is 4.99. The topological polar surface area (TPSA) is 85.1 Å². The van der Waals surface area contributed by atoms with Gasteiger partial charge in [0.1, 0.15) is 0 Å². The monoisotopic (exact) mass is 309 g/mol. The number of carbonyl (C=O) groups excluding carboxylic acids is 2. The first-order chi connectivity index (χ1) is 11.0. The van der Waals surface area contributed by atoms with E-state index in [0.717, 1.165) is 0 Å². The number of anilines is 1. The zero-order chi connectivity index (χ0) is 16.6. The van der Waals surface area contributed by atoms with E-state index in [1.54, 1.807) is 44.2 Å². The lowest BCUT2D eigenvalue weighted by molar-refractivity contribution is 0.101. The minimum absolute atomic E-state index is 0.113. The number of aromatic nitrogens is 2. The summed E-state index contributed by atoms with van der Waals surface area (Å²) in [6, 6.07) is 8.57. The third-order valence-electron chi connectivity index (χ3n) is 3.54. The van der Waals surface area contributed by atoms with E-state index >= 15 is 0 Å². The Morgan fingerprint density at radius 2 is 1.87 bits per heavy atom. The first-order valence-electron chi connectivity index (χ1n) is 7.12. The maximum atomic E-state index is 12.7. The van der Waals surface area contributed by atoms with E-state index < -0.39 is 0 Å². The molecule has 6 nitrogen and oxygen atoms in total. The number of amides is 1. The lowest BCUT2D eigenvalue weighted by Gasteiger charge is -2.10. The van der Waals surface area contributed by atoms with E-state index in [4.69, 9.17) is 4.52 Å². The Balaban J connectivity index is 2.05. The number of rotatable bonds is 3. The van der Waals surface area contributed by atoms with Crippen molar-refractivity contribution in [1.29, 1.82) is 0 Å². The average Bonchev–Trinajstić information content (AvgIpc) is 2.88. The quantitative estimate of drug-likeness (QED) is 0.750. The molecule has 2 aromatic heterocycles. The fourth-order valence-corrected chi connectivity index (χ4v) is 2.49. The van der Waals surface area contributed by atoms with Crippen molar-refractivity contribution in [3.63, 3.8) is 0 Å². The first kappa shape index (κ1) is 14.9. The molecule has 3 rings (SSSR count). The molecule has 116 valence electrons. The van der Waals surface area contributed by atoms with Crippen LogP contribution in [0.15, 0.2) is 34.9 Å². The van der Waals surface area contributed by atoms with Gasteiger partial charge in [-0.2, -0.15) is 0 Å². The minimum atomic E-state index is -0.333. The molecule has 6 heteroatoms. The minimum Gasteiger partial charge on any atom is -0.336 e. The molecule has 0 saturated carbocycles. The second kappa shape index (κ2) is 5.64. The number of benzene rings is 1. The van der Waals surface area contributed by atoms with E-state index in [0.29, 0.717) is 39.3 Å². The number of Topliss-reactive ketones (excluding diaryl/α,β-unsaturated/α-hetero) is 1. The standard InChI is InChI=1S/C17H15N3O3/c1-9-8-13(15-10(2)20-23-17(15)18-9)16(22)19-14-7-5-4-6-12(14)11(3)21/h4-8H,1-3H3,(H,19,22). The van der Waals surface area contributed by atoms with Gasteiger partial charge in [0.15, 0.2) is 5.78 Å². The normalized spacial score (nSPS) is 10.7. The molecule has 0 radical (unpaired) electrons. The molecule has 23 heavy (non-hydrogen) atoms. The molecule has 3 aromatic rings. The highest BCUT2D eigenvalue weighted by Crippen LogP contribution is 2.24. The summed E-state index contributed by atoms with van der Waals surface area (Å²) in [4.78, 5) is 28.6. The van der Waals surface area contributed by atoms with Crippen molar-refractivity contribution in [3.8, 4) is 0 Å². The fraction of sp³-hybridized carbons (Fsp3) is 0.176. The van der Waals surface area contributed by atoms with Gasteiger partial charge in [-0.15, -0.1) is 0 Å². The van der Waals surface area contributed by atoms with Crippen LogP contribution in [0.25, 0.3) is 11.1 Å². The number of carbonyl (C=O) groups is 2. The summed E-state index contributed by atoms with van der Waals surface area (Å²) in [5.41, 5.74) is 2.93. The second-order valence-corrected chi connectivity index (χ2v) is 5.32. The molecule has 0 spiro atoms. The van der Waals surface area contributed by atoms with Crippen LogP contribution in [0.1, 0.15) is 39.0 Å². The summed E-state index contributed by atoms with van der Waals surface area (Å²) < 4.78 is 5.14. The van der Waals surface area contributed by atoms with Crippen molar-refractivity contribution in [2.45, 2.75) is 20.8 Å². The number of pyridine rings is 1. The third kappa shape index (κ3) is 2.70. The Morgan fingerprint density at radius 1 is 1.13 bits per heavy atom. The van der Waals surface area contributed by atoms with Gasteiger partial charge in [-0.25, -0.2) is 4.98 Å². The number of aryl methyl sites for hydroxylation is 2. The SMILES string of the molecule is CC(=O)c1ccccc1NC(=O)c1cc(C)nc2onc(C)c12. The molecule has 1 amide bonds. The van der Waals surface area contributed by atoms with Crippen molar-refractivity contribution in [2.75, 3.05) is 5.32 Å². The molecule has 0 aliphatic carbocycles. The Bertz CT molecular complexity index is 928. The highest BCUT2D eigenvalue weighted by molar-refractivity contribution is 6.14. The lowest BCUT2D eigenvalue weighted by Crippen LogP contribution is -2.15. The zero-order valence-corrected chi connectivity index (χ0v) is 13.0. The van der Waals surface area contributed by atoms with Crippen LogP contribution in [0.3, 0.4) is 0 Å². The Kier molecular flexibility index (Phi) is 3.65. The van der Waals surface area contributed by atoms with E-state index in [-0.39, 0.29) is 11.7 Å². The summed E-state index contributed by atoms with van der Waals surface area (Å²) >= 11 is 0. The number of ketones is 1. The van der Waals surface area contributed by atoms with Crippen LogP contribution in [0.4, 0.5) is 5.69 Å². The van der Waals surface area contributed by atoms with Crippen molar-refractivity contribution >= 4 is 28.5 Å². The van der Waals surface area contributed by atoms with Crippen LogP contribution in [-0.4, -0.2) is 21.8 Å². The van der Waals surface area contributed by atoms with Gasteiger partial charge in [0.25, 0.3) is 11.6 Å². The summed E-state index contributed by atoms with van der Waals surface area (Å²) in [6.07, 6.45) is 0. The molecule has 1 aromatic carbocycles. The third-order valence-corrected chi connectivity index (χ3v) is 3.54. The van der Waals surface area contributed by atoms with Crippen LogP contribution in [0.5, 0.6) is 0 Å². The van der Waals surface area contributed by atoms with Crippen LogP contribution < -0.4 is 5.32 Å². The Hall–Kier alpha value is -3.02. The Morgan fingerprint density at radius 3 is 2.61 bits per heavy atom. The number of nitrogens with zero attached hydrogens (tertiary/aromatic N) is 2. The number of fused-ring (bicyclic) bond motifs is 1. The van der Waals surface area contributed by atoms with E-state index in [2.05, 4.69) is 15.5 Å². The molecular formula is C17H15N3O3.